The third kappa shape index (κ3) is 7.22. The minimum atomic E-state index is -4.66. The molecule has 134 valence electrons. The van der Waals surface area contributed by atoms with Crippen LogP contribution in [0, 0.1) is 0 Å². The number of rotatable bonds is 7. The molecule has 2 heterocycles. The van der Waals surface area contributed by atoms with Crippen LogP contribution in [-0.4, -0.2) is 45.4 Å². The first-order valence-electron chi connectivity index (χ1n) is 6.55. The van der Waals surface area contributed by atoms with Gasteiger partial charge in [0.05, 0.1) is 0 Å². The number of nitrogens with one attached hydrogen (secondary N) is 3. The molecule has 0 radical (unpaired) electrons. The average Bonchev–Trinajstić information content (AvgIpc) is 2.51. The molecule has 0 aliphatic rings. The Morgan fingerprint density at radius 2 is 1.84 bits per heavy atom. The van der Waals surface area contributed by atoms with Crippen LogP contribution in [0.2, 0.25) is 0 Å². The summed E-state index contributed by atoms with van der Waals surface area (Å²) in [6.45, 7) is -0.0168. The van der Waals surface area contributed by atoms with Gasteiger partial charge >= 0.3 is 23.5 Å². The molecule has 2 rings (SSSR count). The summed E-state index contributed by atoms with van der Waals surface area (Å²) in [5.41, 5.74) is -1.14. The molecular weight excluding hydrogens is 376 g/mol. The van der Waals surface area contributed by atoms with Crippen LogP contribution in [0.5, 0.6) is 0 Å². The molecule has 25 heavy (non-hydrogen) atoms. The van der Waals surface area contributed by atoms with Crippen LogP contribution in [0.25, 0.3) is 0 Å². The molecule has 0 spiro atoms. The maximum absolute atomic E-state index is 12.9. The van der Waals surface area contributed by atoms with Crippen molar-refractivity contribution < 1.29 is 21.6 Å². The Hall–Kier alpha value is -1.94. The Morgan fingerprint density at radius 3 is 2.44 bits per heavy atom. The molecule has 8 nitrogen and oxygen atoms in total. The minimum absolute atomic E-state index is 0. The van der Waals surface area contributed by atoms with Crippen molar-refractivity contribution >= 4 is 45.8 Å². The molecule has 0 amide bonds. The molecule has 0 saturated heterocycles. The summed E-state index contributed by atoms with van der Waals surface area (Å²) in [5, 5.41) is 5.17. The predicted molar refractivity (Wildman–Crippen MR) is 88.3 cm³/mol. The number of nitrogens with zero attached hydrogens (tertiary/aromatic N) is 3. The van der Waals surface area contributed by atoms with Crippen LogP contribution < -0.4 is 15.4 Å². The number of anilines is 3. The van der Waals surface area contributed by atoms with E-state index < -0.39 is 22.8 Å². The van der Waals surface area contributed by atoms with Crippen LogP contribution in [0.3, 0.4) is 0 Å². The Kier molecular flexibility index (Phi) is 8.04. The number of pyridine rings is 1. The van der Waals surface area contributed by atoms with E-state index in [1.165, 1.54) is 6.20 Å². The van der Waals surface area contributed by atoms with Gasteiger partial charge in [-0.1, -0.05) is 6.07 Å². The molecule has 0 unspecified atom stereocenters. The summed E-state index contributed by atoms with van der Waals surface area (Å²) in [4.78, 5) is 11.2. The van der Waals surface area contributed by atoms with Crippen LogP contribution in [0.4, 0.5) is 30.8 Å². The number of aromatic nitrogens is 3. The Balaban J connectivity index is 0.00000312. The van der Waals surface area contributed by atoms with Crippen LogP contribution in [0.15, 0.2) is 30.5 Å². The zero-order valence-corrected chi connectivity index (χ0v) is 15.8. The Labute approximate surface area is 153 Å². The first kappa shape index (κ1) is 21.1. The summed E-state index contributed by atoms with van der Waals surface area (Å²) in [7, 11) is -2.45. The average molecular weight is 390 g/mol. The Morgan fingerprint density at radius 1 is 1.08 bits per heavy atom. The molecule has 2 aromatic heterocycles. The van der Waals surface area contributed by atoms with E-state index in [-0.39, 0.29) is 42.2 Å². The van der Waals surface area contributed by atoms with Gasteiger partial charge in [0.15, 0.2) is 5.69 Å². The van der Waals surface area contributed by atoms with E-state index >= 15 is 0 Å². The van der Waals surface area contributed by atoms with Crippen molar-refractivity contribution in [3.8, 4) is 0 Å². The van der Waals surface area contributed by atoms with Gasteiger partial charge in [0.1, 0.15) is 11.6 Å². The number of alkyl halides is 3. The van der Waals surface area contributed by atoms with E-state index in [9.17, 15) is 21.6 Å². The monoisotopic (exact) mass is 390 g/mol. The van der Waals surface area contributed by atoms with Gasteiger partial charge in [-0.15, -0.1) is 0 Å². The van der Waals surface area contributed by atoms with Crippen molar-refractivity contribution in [1.29, 1.82) is 0 Å². The number of hydrogen-bond donors (Lipinski definition) is 3. The van der Waals surface area contributed by atoms with Crippen molar-refractivity contribution in [2.45, 2.75) is 6.18 Å². The van der Waals surface area contributed by atoms with Crippen LogP contribution in [-0.2, 0) is 25.5 Å². The van der Waals surface area contributed by atoms with Gasteiger partial charge in [-0.25, -0.2) is 9.97 Å². The van der Waals surface area contributed by atoms with E-state index in [1.54, 1.807) is 18.2 Å². The zero-order valence-electron chi connectivity index (χ0n) is 13.0. The molecule has 0 atom stereocenters. The molecule has 2 aromatic rings. The predicted octanol–water partition coefficient (Wildman–Crippen LogP) is 0.944. The normalized spacial score (nSPS) is 11.0. The van der Waals surface area contributed by atoms with Crippen molar-refractivity contribution in [3.63, 3.8) is 0 Å². The van der Waals surface area contributed by atoms with Gasteiger partial charge < -0.3 is 23.8 Å². The first-order valence-corrected chi connectivity index (χ1v) is 7.63. The summed E-state index contributed by atoms with van der Waals surface area (Å²) < 4.78 is 61.5. The molecule has 0 saturated carbocycles. The molecule has 0 bridgehead atoms. The van der Waals surface area contributed by atoms with E-state index in [1.807, 2.05) is 0 Å². The standard InChI is InChI=1S/C12H12F3N6O2S.Al.2H/c13-12(14,15)8-7-10(20-9-3-1-2-4-16-9)21-11(19-8)17-5-6-18-24(22)23;;;/h1-4,7H,5-6H2,(H,18,22,23)(H2,16,17,19,20,21);;;/q-1;+1;;. The van der Waals surface area contributed by atoms with Crippen molar-refractivity contribution in [1.82, 2.24) is 19.7 Å². The molecule has 0 aliphatic carbocycles. The van der Waals surface area contributed by atoms with E-state index in [2.05, 4.69) is 30.3 Å². The van der Waals surface area contributed by atoms with Crippen molar-refractivity contribution in [2.75, 3.05) is 23.7 Å². The summed E-state index contributed by atoms with van der Waals surface area (Å²) in [5.74, 6) is -0.0701. The molecule has 13 heteroatoms. The third-order valence-electron chi connectivity index (χ3n) is 2.57. The maximum atomic E-state index is 12.9. The first-order chi connectivity index (χ1) is 11.3. The fourth-order valence-corrected chi connectivity index (χ4v) is 1.88. The molecule has 0 fully saturated rings. The van der Waals surface area contributed by atoms with Crippen LogP contribution in [0.1, 0.15) is 5.69 Å². The number of hydrogen-bond acceptors (Lipinski definition) is 8. The van der Waals surface area contributed by atoms with Gasteiger partial charge in [0, 0.05) is 18.8 Å². The van der Waals surface area contributed by atoms with Crippen molar-refractivity contribution in [3.05, 3.63) is 36.2 Å². The van der Waals surface area contributed by atoms with Gasteiger partial charge in [0.2, 0.25) is 5.95 Å². The van der Waals surface area contributed by atoms with Crippen molar-refractivity contribution in [2.24, 2.45) is 0 Å². The fraction of sp³-hybridized carbons (Fsp3) is 0.250. The summed E-state index contributed by atoms with van der Waals surface area (Å²) >= 11 is 0. The van der Waals surface area contributed by atoms with Gasteiger partial charge in [-0.3, -0.25) is 0 Å². The summed E-state index contributed by atoms with van der Waals surface area (Å²) in [6, 6.07) is 5.64. The third-order valence-corrected chi connectivity index (χ3v) is 3.01. The van der Waals surface area contributed by atoms with E-state index in [4.69, 9.17) is 0 Å². The molecular formula is C12H14AlF3N6O2S. The van der Waals surface area contributed by atoms with E-state index in [0.717, 1.165) is 6.07 Å². The SMILES string of the molecule is O=[S-](=O)NCCNc1nc(Nc2ccccn2)cc(C(F)(F)F)n1.[AlH2+]. The number of halogens is 3. The van der Waals surface area contributed by atoms with Gasteiger partial charge in [-0.2, -0.15) is 18.2 Å². The fourth-order valence-electron chi connectivity index (χ4n) is 1.61. The second-order valence-electron chi connectivity index (χ2n) is 4.36. The molecule has 0 aliphatic heterocycles. The second kappa shape index (κ2) is 9.52. The Bertz CT molecular complexity index is 752. The van der Waals surface area contributed by atoms with E-state index in [0.29, 0.717) is 5.82 Å². The molecule has 3 N–H and O–H groups in total. The van der Waals surface area contributed by atoms with Gasteiger partial charge in [0.25, 0.3) is 0 Å². The topological polar surface area (TPSA) is 109 Å². The van der Waals surface area contributed by atoms with Crippen LogP contribution >= 0.6 is 0 Å². The summed E-state index contributed by atoms with van der Waals surface area (Å²) in [6.07, 6.45) is -3.18. The second-order valence-corrected chi connectivity index (χ2v) is 5.11. The zero-order chi connectivity index (χ0) is 17.6. The molecule has 0 aromatic carbocycles. The quantitative estimate of drug-likeness (QED) is 0.367. The van der Waals surface area contributed by atoms with Gasteiger partial charge in [-0.05, 0) is 29.6 Å².